The maximum Gasteiger partial charge on any atom is 0.430 e. The van der Waals surface area contributed by atoms with Gasteiger partial charge in [-0.2, -0.15) is 18.4 Å². The highest BCUT2D eigenvalue weighted by Crippen LogP contribution is 2.18. The van der Waals surface area contributed by atoms with Crippen LogP contribution < -0.4 is 5.11 Å². The number of carbonyl (C=O) groups is 2. The Morgan fingerprint density at radius 2 is 1.57 bits per heavy atom. The molecule has 7 nitrogen and oxygen atoms in total. The summed E-state index contributed by atoms with van der Waals surface area (Å²) < 4.78 is 37.5. The molecule has 0 heterocycles. The zero-order chi connectivity index (χ0) is 22.7. The minimum Gasteiger partial charge on any atom is -0.542 e. The lowest BCUT2D eigenvalue weighted by atomic mass is 10.2. The summed E-state index contributed by atoms with van der Waals surface area (Å²) in [6, 6.07) is 20.1. The number of aliphatic hydroxyl groups is 1. The van der Waals surface area contributed by atoms with Gasteiger partial charge in [0, 0.05) is 17.7 Å². The fourth-order valence-corrected chi connectivity index (χ4v) is 1.96. The summed E-state index contributed by atoms with van der Waals surface area (Å²) in [6.07, 6.45) is -3.53. The van der Waals surface area contributed by atoms with Crippen LogP contribution in [0.4, 0.5) is 18.9 Å². The summed E-state index contributed by atoms with van der Waals surface area (Å²) in [5, 5.41) is 28.2. The number of aliphatic carboxylic acids is 1. The summed E-state index contributed by atoms with van der Waals surface area (Å²) in [6.45, 7) is 0. The van der Waals surface area contributed by atoms with Crippen LogP contribution in [0.2, 0.25) is 0 Å². The Balaban J connectivity index is 0.000000553. The Morgan fingerprint density at radius 3 is 1.97 bits per heavy atom. The Morgan fingerprint density at radius 1 is 1.10 bits per heavy atom. The average Bonchev–Trinajstić information content (AvgIpc) is 2.74. The van der Waals surface area contributed by atoms with E-state index < -0.39 is 23.9 Å². The Kier molecular flexibility index (Phi) is 8.78. The molecule has 0 aliphatic heterocycles. The molecule has 10 heteroatoms. The number of para-hydroxylation sites is 1. The second-order valence-corrected chi connectivity index (χ2v) is 5.33. The SMILES string of the molecule is COC(=O)/C(O)=C(\C#N)[N+](=Cc1ccccc1)c1ccccc1.O=C([O-])C(F)(F)F. The molecule has 2 rings (SSSR count). The van der Waals surface area contributed by atoms with Crippen molar-refractivity contribution in [3.05, 3.63) is 77.7 Å². The molecule has 0 fully saturated rings. The van der Waals surface area contributed by atoms with Crippen molar-refractivity contribution >= 4 is 23.8 Å². The number of carbonyl (C=O) groups excluding carboxylic acids is 2. The van der Waals surface area contributed by atoms with E-state index in [-0.39, 0.29) is 5.70 Å². The van der Waals surface area contributed by atoms with Crippen molar-refractivity contribution in [3.63, 3.8) is 0 Å². The van der Waals surface area contributed by atoms with E-state index in [1.807, 2.05) is 42.5 Å². The molecule has 1 N–H and O–H groups in total. The number of allylic oxidation sites excluding steroid dienone is 1. The first-order valence-electron chi connectivity index (χ1n) is 8.05. The van der Waals surface area contributed by atoms with Gasteiger partial charge in [0.15, 0.2) is 12.3 Å². The monoisotopic (exact) mass is 420 g/mol. The molecule has 0 spiro atoms. The number of hydrogen-bond acceptors (Lipinski definition) is 6. The van der Waals surface area contributed by atoms with Gasteiger partial charge in [-0.3, -0.25) is 0 Å². The van der Waals surface area contributed by atoms with E-state index in [9.17, 15) is 28.3 Å². The molecule has 0 saturated carbocycles. The minimum absolute atomic E-state index is 0.216. The van der Waals surface area contributed by atoms with E-state index in [2.05, 4.69) is 4.74 Å². The molecule has 0 aliphatic rings. The molecule has 0 radical (unpaired) electrons. The van der Waals surface area contributed by atoms with Crippen LogP contribution in [0.25, 0.3) is 0 Å². The lowest BCUT2D eigenvalue weighted by molar-refractivity contribution is -0.372. The van der Waals surface area contributed by atoms with Crippen LogP contribution in [0, 0.1) is 11.3 Å². The summed E-state index contributed by atoms with van der Waals surface area (Å²) in [4.78, 5) is 20.4. The Bertz CT molecular complexity index is 979. The van der Waals surface area contributed by atoms with Gasteiger partial charge in [0.25, 0.3) is 5.76 Å². The van der Waals surface area contributed by atoms with Gasteiger partial charge in [-0.05, 0) is 12.1 Å². The third-order valence-corrected chi connectivity index (χ3v) is 3.29. The first-order chi connectivity index (χ1) is 14.1. The number of esters is 1. The fourth-order valence-electron chi connectivity index (χ4n) is 1.96. The van der Waals surface area contributed by atoms with Gasteiger partial charge in [-0.15, -0.1) is 4.58 Å². The zero-order valence-electron chi connectivity index (χ0n) is 15.5. The maximum atomic E-state index is 11.6. The Hall–Kier alpha value is -4.13. The van der Waals surface area contributed by atoms with Crippen molar-refractivity contribution < 1.29 is 42.3 Å². The number of methoxy groups -OCH3 is 1. The van der Waals surface area contributed by atoms with Crippen molar-refractivity contribution in [2.45, 2.75) is 6.18 Å². The van der Waals surface area contributed by atoms with Gasteiger partial charge < -0.3 is 19.7 Å². The molecular formula is C20H15F3N2O5. The number of ether oxygens (including phenoxy) is 1. The van der Waals surface area contributed by atoms with Gasteiger partial charge in [-0.1, -0.05) is 36.4 Å². The highest BCUT2D eigenvalue weighted by atomic mass is 19.4. The quantitative estimate of drug-likeness (QED) is 0.203. The molecule has 0 atom stereocenters. The number of aliphatic hydroxyl groups excluding tert-OH is 1. The number of rotatable bonds is 4. The van der Waals surface area contributed by atoms with E-state index in [4.69, 9.17) is 9.90 Å². The van der Waals surface area contributed by atoms with Crippen LogP contribution in [0.5, 0.6) is 0 Å². The third-order valence-electron chi connectivity index (χ3n) is 3.29. The number of nitriles is 1. The molecule has 2 aromatic carbocycles. The maximum absolute atomic E-state index is 11.6. The highest BCUT2D eigenvalue weighted by Gasteiger charge is 2.29. The van der Waals surface area contributed by atoms with Gasteiger partial charge in [0.2, 0.25) is 5.69 Å². The first-order valence-corrected chi connectivity index (χ1v) is 8.05. The lowest BCUT2D eigenvalue weighted by Crippen LogP contribution is -2.37. The molecule has 2 aromatic rings. The number of halogens is 3. The lowest BCUT2D eigenvalue weighted by Gasteiger charge is -2.03. The van der Waals surface area contributed by atoms with E-state index in [1.165, 1.54) is 4.58 Å². The molecule has 0 aliphatic carbocycles. The van der Waals surface area contributed by atoms with E-state index in [0.29, 0.717) is 5.69 Å². The Labute approximate surface area is 169 Å². The molecule has 0 bridgehead atoms. The smallest absolute Gasteiger partial charge is 0.430 e. The van der Waals surface area contributed by atoms with Gasteiger partial charge in [0.05, 0.1) is 7.11 Å². The minimum atomic E-state index is -5.19. The number of carboxylic acids is 1. The molecule has 0 aromatic heterocycles. The number of carboxylic acid groups (broad SMARTS) is 1. The predicted octanol–water partition coefficient (Wildman–Crippen LogP) is 2.21. The molecule has 30 heavy (non-hydrogen) atoms. The van der Waals surface area contributed by atoms with Crippen molar-refractivity contribution in [1.29, 1.82) is 5.26 Å². The summed E-state index contributed by atoms with van der Waals surface area (Å²) >= 11 is 0. The van der Waals surface area contributed by atoms with Crippen molar-refractivity contribution in [2.75, 3.05) is 7.11 Å². The fraction of sp³-hybridized carbons (Fsp3) is 0.100. The molecule has 0 unspecified atom stereocenters. The first kappa shape index (κ1) is 23.9. The summed E-state index contributed by atoms with van der Waals surface area (Å²) in [5.74, 6) is -4.72. The van der Waals surface area contributed by atoms with Gasteiger partial charge in [-0.25, -0.2) is 4.79 Å². The number of hydrogen-bond donors (Lipinski definition) is 1. The molecule has 0 amide bonds. The largest absolute Gasteiger partial charge is 0.542 e. The van der Waals surface area contributed by atoms with E-state index in [0.717, 1.165) is 12.7 Å². The topological polar surface area (TPSA) is 113 Å². The van der Waals surface area contributed by atoms with Crippen LogP contribution in [-0.4, -0.2) is 41.1 Å². The summed E-state index contributed by atoms with van der Waals surface area (Å²) in [5.41, 5.74) is 1.22. The second-order valence-electron chi connectivity index (χ2n) is 5.33. The standard InChI is InChI=1S/C18H14N2O3.C2HF3O2/c1-23-18(22)17(21)16(12-19)20(15-10-6-3-7-11-15)13-14-8-4-2-5-9-14;3-2(4,5)1(6)7/h2-11,13H,1H3;(H,6,7)/b17-16-,20-13?;. The van der Waals surface area contributed by atoms with E-state index >= 15 is 0 Å². The number of alkyl halides is 3. The highest BCUT2D eigenvalue weighted by molar-refractivity contribution is 5.87. The van der Waals surface area contributed by atoms with Crippen LogP contribution in [0.1, 0.15) is 5.56 Å². The molecule has 0 saturated heterocycles. The van der Waals surface area contributed by atoms with Crippen LogP contribution in [0.3, 0.4) is 0 Å². The van der Waals surface area contributed by atoms with Crippen molar-refractivity contribution in [2.24, 2.45) is 0 Å². The molecule has 156 valence electrons. The van der Waals surface area contributed by atoms with Gasteiger partial charge in [0.1, 0.15) is 5.97 Å². The van der Waals surface area contributed by atoms with Gasteiger partial charge >= 0.3 is 17.8 Å². The number of benzene rings is 2. The van der Waals surface area contributed by atoms with Crippen LogP contribution >= 0.6 is 0 Å². The van der Waals surface area contributed by atoms with Crippen LogP contribution in [-0.2, 0) is 14.3 Å². The predicted molar refractivity (Wildman–Crippen MR) is 96.3 cm³/mol. The summed E-state index contributed by atoms with van der Waals surface area (Å²) in [7, 11) is 1.14. The third kappa shape index (κ3) is 7.12. The normalized spacial score (nSPS) is 11.9. The number of nitrogens with zero attached hydrogens (tertiary/aromatic N) is 2. The zero-order valence-corrected chi connectivity index (χ0v) is 15.5. The van der Waals surface area contributed by atoms with Crippen LogP contribution in [0.15, 0.2) is 72.1 Å². The molecular weight excluding hydrogens is 405 g/mol. The van der Waals surface area contributed by atoms with Crippen molar-refractivity contribution in [1.82, 2.24) is 0 Å². The van der Waals surface area contributed by atoms with E-state index in [1.54, 1.807) is 30.5 Å². The van der Waals surface area contributed by atoms with Crippen molar-refractivity contribution in [3.8, 4) is 6.07 Å². The average molecular weight is 420 g/mol. The second kappa shape index (κ2) is 11.0.